The second-order valence-electron chi connectivity index (χ2n) is 6.79. The summed E-state index contributed by atoms with van der Waals surface area (Å²) in [6, 6.07) is 19.9. The minimum absolute atomic E-state index is 0.165. The van der Waals surface area contributed by atoms with Gasteiger partial charge in [-0.25, -0.2) is 4.98 Å². The molecule has 0 unspecified atom stereocenters. The molecule has 0 fully saturated rings. The van der Waals surface area contributed by atoms with Crippen LogP contribution in [0.2, 0.25) is 0 Å². The Hall–Kier alpha value is -3.60. The quantitative estimate of drug-likeness (QED) is 0.465. The Morgan fingerprint density at radius 2 is 1.93 bits per heavy atom. The smallest absolute Gasteiger partial charge is 0.269 e. The molecule has 0 saturated carbocycles. The number of nitrogens with one attached hydrogen (secondary N) is 3. The van der Waals surface area contributed by atoms with Gasteiger partial charge in [0.25, 0.3) is 5.91 Å². The van der Waals surface area contributed by atoms with Gasteiger partial charge in [0.05, 0.1) is 11.9 Å². The predicted octanol–water partition coefficient (Wildman–Crippen LogP) is 4.59. The monoisotopic (exact) mass is 370 g/mol. The Morgan fingerprint density at radius 1 is 1.04 bits per heavy atom. The normalized spacial score (nSPS) is 10.8. The Bertz CT molecular complexity index is 1100. The fourth-order valence-corrected chi connectivity index (χ4v) is 3.23. The molecule has 0 aliphatic carbocycles. The highest BCUT2D eigenvalue weighted by molar-refractivity contribution is 5.92. The molecule has 4 aromatic rings. The predicted molar refractivity (Wildman–Crippen MR) is 113 cm³/mol. The number of carbonyl (C=O) groups is 1. The number of carbonyl (C=O) groups excluding carboxylic acids is 1. The maximum absolute atomic E-state index is 12.3. The number of benzene rings is 2. The van der Waals surface area contributed by atoms with Crippen molar-refractivity contribution in [1.82, 2.24) is 15.3 Å². The summed E-state index contributed by atoms with van der Waals surface area (Å²) in [6.45, 7) is 2.61. The molecule has 140 valence electrons. The lowest BCUT2D eigenvalue weighted by Crippen LogP contribution is -2.26. The van der Waals surface area contributed by atoms with Crippen molar-refractivity contribution < 1.29 is 4.79 Å². The van der Waals surface area contributed by atoms with Crippen molar-refractivity contribution in [3.8, 4) is 0 Å². The van der Waals surface area contributed by atoms with Crippen LogP contribution in [-0.2, 0) is 6.42 Å². The lowest BCUT2D eigenvalue weighted by molar-refractivity contribution is 0.0949. The van der Waals surface area contributed by atoms with Crippen LogP contribution in [0, 0.1) is 6.92 Å². The first-order valence-corrected chi connectivity index (χ1v) is 9.32. The van der Waals surface area contributed by atoms with Gasteiger partial charge in [-0.3, -0.25) is 4.79 Å². The summed E-state index contributed by atoms with van der Waals surface area (Å²) in [5.41, 5.74) is 5.75. The van der Waals surface area contributed by atoms with Crippen molar-refractivity contribution in [3.63, 3.8) is 0 Å². The summed E-state index contributed by atoms with van der Waals surface area (Å²) >= 11 is 0. The topological polar surface area (TPSA) is 69.8 Å². The van der Waals surface area contributed by atoms with Gasteiger partial charge in [-0.05, 0) is 54.8 Å². The maximum atomic E-state index is 12.3. The van der Waals surface area contributed by atoms with Crippen molar-refractivity contribution in [2.24, 2.45) is 0 Å². The van der Waals surface area contributed by atoms with E-state index in [4.69, 9.17) is 0 Å². The molecular formula is C23H22N4O. The number of rotatable bonds is 6. The van der Waals surface area contributed by atoms with Gasteiger partial charge >= 0.3 is 0 Å². The lowest BCUT2D eigenvalue weighted by Gasteiger charge is -2.08. The third-order valence-electron chi connectivity index (χ3n) is 4.66. The summed E-state index contributed by atoms with van der Waals surface area (Å²) < 4.78 is 0. The minimum Gasteiger partial charge on any atom is -0.361 e. The molecule has 2 aromatic carbocycles. The summed E-state index contributed by atoms with van der Waals surface area (Å²) in [4.78, 5) is 19.9. The number of pyridine rings is 1. The molecule has 3 N–H and O–H groups in total. The lowest BCUT2D eigenvalue weighted by atomic mass is 10.1. The molecule has 0 bridgehead atoms. The fourth-order valence-electron chi connectivity index (χ4n) is 3.23. The van der Waals surface area contributed by atoms with Crippen LogP contribution in [0.3, 0.4) is 0 Å². The molecule has 0 aliphatic rings. The Labute approximate surface area is 163 Å². The molecule has 2 aromatic heterocycles. The Balaban J connectivity index is 1.33. The van der Waals surface area contributed by atoms with E-state index in [1.54, 1.807) is 12.3 Å². The van der Waals surface area contributed by atoms with Gasteiger partial charge in [-0.15, -0.1) is 0 Å². The molecule has 0 saturated heterocycles. The number of aromatic nitrogens is 2. The number of para-hydroxylation sites is 1. The van der Waals surface area contributed by atoms with Crippen molar-refractivity contribution in [2.45, 2.75) is 13.3 Å². The number of nitrogens with zero attached hydrogens (tertiary/aromatic N) is 1. The molecule has 0 aliphatic heterocycles. The number of H-pyrrole nitrogens is 1. The van der Waals surface area contributed by atoms with E-state index < -0.39 is 0 Å². The number of aromatic amines is 1. The van der Waals surface area contributed by atoms with Crippen LogP contribution in [0.4, 0.5) is 11.4 Å². The molecular weight excluding hydrogens is 348 g/mol. The maximum Gasteiger partial charge on any atom is 0.269 e. The van der Waals surface area contributed by atoms with Crippen LogP contribution in [0.1, 0.15) is 21.6 Å². The third-order valence-corrected chi connectivity index (χ3v) is 4.66. The van der Waals surface area contributed by atoms with E-state index >= 15 is 0 Å². The van der Waals surface area contributed by atoms with E-state index in [0.29, 0.717) is 12.2 Å². The second kappa shape index (κ2) is 7.96. The molecule has 1 amide bonds. The van der Waals surface area contributed by atoms with Crippen LogP contribution >= 0.6 is 0 Å². The number of fused-ring (bicyclic) bond motifs is 1. The highest BCUT2D eigenvalue weighted by Gasteiger charge is 2.08. The van der Waals surface area contributed by atoms with Crippen molar-refractivity contribution in [3.05, 3.63) is 89.9 Å². The first kappa shape index (κ1) is 17.8. The number of amides is 1. The average Bonchev–Trinajstić information content (AvgIpc) is 3.12. The molecule has 28 heavy (non-hydrogen) atoms. The fraction of sp³-hybridized carbons (Fsp3) is 0.130. The Kier molecular flexibility index (Phi) is 5.06. The molecule has 0 atom stereocenters. The van der Waals surface area contributed by atoms with E-state index in [9.17, 15) is 4.79 Å². The van der Waals surface area contributed by atoms with Gasteiger partial charge in [0.1, 0.15) is 5.69 Å². The van der Waals surface area contributed by atoms with Crippen LogP contribution in [0.25, 0.3) is 10.9 Å². The number of hydrogen-bond donors (Lipinski definition) is 3. The average molecular weight is 370 g/mol. The van der Waals surface area contributed by atoms with Crippen LogP contribution in [0.15, 0.2) is 73.1 Å². The van der Waals surface area contributed by atoms with E-state index in [0.717, 1.165) is 23.3 Å². The number of hydrogen-bond acceptors (Lipinski definition) is 3. The van der Waals surface area contributed by atoms with E-state index in [-0.39, 0.29) is 5.91 Å². The van der Waals surface area contributed by atoms with E-state index in [2.05, 4.69) is 32.7 Å². The zero-order valence-electron chi connectivity index (χ0n) is 15.7. The number of anilines is 2. The SMILES string of the molecule is Cc1cccc(Nc2ccc(C(=O)NCCc3c[nH]c4ccccc34)nc2)c1. The van der Waals surface area contributed by atoms with Crippen molar-refractivity contribution >= 4 is 28.2 Å². The molecule has 5 nitrogen and oxygen atoms in total. The number of aryl methyl sites for hydroxylation is 1. The summed E-state index contributed by atoms with van der Waals surface area (Å²) in [5, 5.41) is 7.43. The van der Waals surface area contributed by atoms with E-state index in [1.807, 2.05) is 55.6 Å². The van der Waals surface area contributed by atoms with Crippen molar-refractivity contribution in [2.75, 3.05) is 11.9 Å². The van der Waals surface area contributed by atoms with Gasteiger partial charge in [-0.1, -0.05) is 30.3 Å². The molecule has 0 radical (unpaired) electrons. The first-order chi connectivity index (χ1) is 13.7. The second-order valence-corrected chi connectivity index (χ2v) is 6.79. The van der Waals surface area contributed by atoms with Crippen LogP contribution < -0.4 is 10.6 Å². The molecule has 0 spiro atoms. The van der Waals surface area contributed by atoms with E-state index in [1.165, 1.54) is 16.5 Å². The van der Waals surface area contributed by atoms with Gasteiger partial charge in [0.15, 0.2) is 0 Å². The first-order valence-electron chi connectivity index (χ1n) is 9.32. The summed E-state index contributed by atoms with van der Waals surface area (Å²) in [6.07, 6.45) is 4.44. The highest BCUT2D eigenvalue weighted by Crippen LogP contribution is 2.18. The third kappa shape index (κ3) is 4.04. The molecule has 4 rings (SSSR count). The standard InChI is InChI=1S/C23H22N4O/c1-16-5-4-6-18(13-16)27-19-9-10-22(26-15-19)23(28)24-12-11-17-14-25-21-8-3-2-7-20(17)21/h2-10,13-15,25,27H,11-12H2,1H3,(H,24,28). The Morgan fingerprint density at radius 3 is 2.75 bits per heavy atom. The minimum atomic E-state index is -0.165. The van der Waals surface area contributed by atoms with Gasteiger partial charge in [0, 0.05) is 29.3 Å². The van der Waals surface area contributed by atoms with Gasteiger partial charge < -0.3 is 15.6 Å². The van der Waals surface area contributed by atoms with Crippen molar-refractivity contribution in [1.29, 1.82) is 0 Å². The summed E-state index contributed by atoms with van der Waals surface area (Å²) in [5.74, 6) is -0.165. The van der Waals surface area contributed by atoms with Gasteiger partial charge in [-0.2, -0.15) is 0 Å². The van der Waals surface area contributed by atoms with Crippen LogP contribution in [-0.4, -0.2) is 22.4 Å². The van der Waals surface area contributed by atoms with Gasteiger partial charge in [0.2, 0.25) is 0 Å². The molecule has 2 heterocycles. The zero-order valence-corrected chi connectivity index (χ0v) is 15.7. The summed E-state index contributed by atoms with van der Waals surface area (Å²) in [7, 11) is 0. The highest BCUT2D eigenvalue weighted by atomic mass is 16.1. The largest absolute Gasteiger partial charge is 0.361 e. The zero-order chi connectivity index (χ0) is 19.3. The van der Waals surface area contributed by atoms with Crippen LogP contribution in [0.5, 0.6) is 0 Å². The molecule has 5 heteroatoms.